The average molecular weight is 181 g/mol. The Morgan fingerprint density at radius 1 is 1.62 bits per heavy atom. The van der Waals surface area contributed by atoms with Gasteiger partial charge in [-0.2, -0.15) is 0 Å². The third-order valence-corrected chi connectivity index (χ3v) is 1.37. The van der Waals surface area contributed by atoms with Crippen molar-refractivity contribution in [2.45, 2.75) is 0 Å². The SMILES string of the molecule is C=CC(=O)OCC1=CC(=O)NC1=O. The number of nitrogens with one attached hydrogen (secondary N) is 1. The van der Waals surface area contributed by atoms with E-state index in [4.69, 9.17) is 0 Å². The first-order chi connectivity index (χ1) is 6.13. The lowest BCUT2D eigenvalue weighted by Crippen LogP contribution is -2.23. The largest absolute Gasteiger partial charge is 0.457 e. The Kier molecular flexibility index (Phi) is 2.59. The van der Waals surface area contributed by atoms with Crippen molar-refractivity contribution in [3.8, 4) is 0 Å². The van der Waals surface area contributed by atoms with E-state index in [0.717, 1.165) is 12.2 Å². The normalized spacial score (nSPS) is 14.9. The lowest BCUT2D eigenvalue weighted by Gasteiger charge is -1.99. The highest BCUT2D eigenvalue weighted by Crippen LogP contribution is 2.02. The van der Waals surface area contributed by atoms with Crippen molar-refractivity contribution in [1.29, 1.82) is 0 Å². The number of amides is 2. The molecule has 1 aliphatic rings. The van der Waals surface area contributed by atoms with E-state index in [1.165, 1.54) is 0 Å². The molecule has 0 saturated carbocycles. The van der Waals surface area contributed by atoms with E-state index < -0.39 is 17.8 Å². The summed E-state index contributed by atoms with van der Waals surface area (Å²) in [6.45, 7) is 2.97. The van der Waals surface area contributed by atoms with E-state index in [0.29, 0.717) is 0 Å². The summed E-state index contributed by atoms with van der Waals surface area (Å²) in [5, 5.41) is 2.02. The predicted molar refractivity (Wildman–Crippen MR) is 42.4 cm³/mol. The van der Waals surface area contributed by atoms with Crippen LogP contribution >= 0.6 is 0 Å². The first kappa shape index (κ1) is 9.18. The van der Waals surface area contributed by atoms with E-state index in [2.05, 4.69) is 11.3 Å². The van der Waals surface area contributed by atoms with Crippen molar-refractivity contribution in [1.82, 2.24) is 5.32 Å². The molecule has 0 unspecified atom stereocenters. The molecule has 0 saturated heterocycles. The van der Waals surface area contributed by atoms with Crippen LogP contribution in [0.2, 0.25) is 0 Å². The molecule has 0 fully saturated rings. The molecule has 1 rings (SSSR count). The van der Waals surface area contributed by atoms with Crippen molar-refractivity contribution in [2.75, 3.05) is 6.61 Å². The van der Waals surface area contributed by atoms with Crippen molar-refractivity contribution in [3.63, 3.8) is 0 Å². The fraction of sp³-hybridized carbons (Fsp3) is 0.125. The third-order valence-electron chi connectivity index (χ3n) is 1.37. The molecule has 0 aliphatic carbocycles. The first-order valence-corrected chi connectivity index (χ1v) is 3.48. The Hall–Kier alpha value is -1.91. The zero-order valence-electron chi connectivity index (χ0n) is 6.70. The topological polar surface area (TPSA) is 72.5 Å². The van der Waals surface area contributed by atoms with E-state index in [-0.39, 0.29) is 12.2 Å². The van der Waals surface area contributed by atoms with Gasteiger partial charge in [0.05, 0.1) is 5.57 Å². The molecule has 0 atom stereocenters. The van der Waals surface area contributed by atoms with Crippen LogP contribution < -0.4 is 5.32 Å². The minimum atomic E-state index is -0.631. The number of esters is 1. The maximum Gasteiger partial charge on any atom is 0.330 e. The Labute approximate surface area is 74.1 Å². The summed E-state index contributed by atoms with van der Waals surface area (Å²) in [7, 11) is 0. The summed E-state index contributed by atoms with van der Waals surface area (Å²) in [6, 6.07) is 0. The van der Waals surface area contributed by atoms with Crippen LogP contribution in [0.4, 0.5) is 0 Å². The van der Waals surface area contributed by atoms with Crippen LogP contribution in [0.25, 0.3) is 0 Å². The number of hydrogen-bond acceptors (Lipinski definition) is 4. The molecule has 0 radical (unpaired) electrons. The molecule has 1 heterocycles. The Morgan fingerprint density at radius 3 is 2.77 bits per heavy atom. The number of rotatable bonds is 3. The highest BCUT2D eigenvalue weighted by atomic mass is 16.5. The van der Waals surface area contributed by atoms with Gasteiger partial charge in [0.25, 0.3) is 11.8 Å². The maximum atomic E-state index is 10.9. The molecule has 1 N–H and O–H groups in total. The minimum Gasteiger partial charge on any atom is -0.457 e. The van der Waals surface area contributed by atoms with Gasteiger partial charge < -0.3 is 4.74 Å². The molecule has 68 valence electrons. The summed E-state index contributed by atoms with van der Waals surface area (Å²) in [5.74, 6) is -1.65. The van der Waals surface area contributed by atoms with Crippen LogP contribution in [0.5, 0.6) is 0 Å². The quantitative estimate of drug-likeness (QED) is 0.355. The molecule has 5 nitrogen and oxygen atoms in total. The molecule has 0 spiro atoms. The molecule has 1 aliphatic heterocycles. The average Bonchev–Trinajstić information content (AvgIpc) is 2.41. The van der Waals surface area contributed by atoms with E-state index in [9.17, 15) is 14.4 Å². The smallest absolute Gasteiger partial charge is 0.330 e. The highest BCUT2D eigenvalue weighted by molar-refractivity contribution is 6.16. The fourth-order valence-corrected chi connectivity index (χ4v) is 0.767. The Morgan fingerprint density at radius 2 is 2.31 bits per heavy atom. The second-order valence-electron chi connectivity index (χ2n) is 2.30. The number of hydrogen-bond donors (Lipinski definition) is 1. The van der Waals surface area contributed by atoms with Gasteiger partial charge in [0.1, 0.15) is 6.61 Å². The van der Waals surface area contributed by atoms with Gasteiger partial charge in [-0.3, -0.25) is 14.9 Å². The van der Waals surface area contributed by atoms with Gasteiger partial charge in [0.2, 0.25) is 0 Å². The van der Waals surface area contributed by atoms with Gasteiger partial charge in [-0.25, -0.2) is 4.79 Å². The summed E-state index contributed by atoms with van der Waals surface area (Å²) < 4.78 is 4.56. The van der Waals surface area contributed by atoms with Crippen LogP contribution in [-0.4, -0.2) is 24.4 Å². The molecular weight excluding hydrogens is 174 g/mol. The van der Waals surface area contributed by atoms with Gasteiger partial charge in [0.15, 0.2) is 0 Å². The number of imide groups is 1. The van der Waals surface area contributed by atoms with Gasteiger partial charge in [-0.15, -0.1) is 0 Å². The highest BCUT2D eigenvalue weighted by Gasteiger charge is 2.21. The molecule has 0 aromatic carbocycles. The van der Waals surface area contributed by atoms with Crippen molar-refractivity contribution in [3.05, 3.63) is 24.3 Å². The Balaban J connectivity index is 2.50. The summed E-state index contributed by atoms with van der Waals surface area (Å²) in [4.78, 5) is 32.0. The van der Waals surface area contributed by atoms with E-state index >= 15 is 0 Å². The van der Waals surface area contributed by atoms with Gasteiger partial charge in [0, 0.05) is 12.2 Å². The van der Waals surface area contributed by atoms with Gasteiger partial charge in [-0.1, -0.05) is 6.58 Å². The predicted octanol–water partition coefficient (Wildman–Crippen LogP) is -0.702. The molecular formula is C8H7NO4. The Bertz CT molecular complexity index is 316. The summed E-state index contributed by atoms with van der Waals surface area (Å²) in [6.07, 6.45) is 2.08. The maximum absolute atomic E-state index is 10.9. The molecule has 0 bridgehead atoms. The second-order valence-corrected chi connectivity index (χ2v) is 2.30. The van der Waals surface area contributed by atoms with Crippen LogP contribution in [0.1, 0.15) is 0 Å². The van der Waals surface area contributed by atoms with Crippen LogP contribution in [0.15, 0.2) is 24.3 Å². The lowest BCUT2D eigenvalue weighted by molar-refractivity contribution is -0.137. The number of carbonyl (C=O) groups excluding carboxylic acids is 3. The monoisotopic (exact) mass is 181 g/mol. The second kappa shape index (κ2) is 3.66. The van der Waals surface area contributed by atoms with E-state index in [1.807, 2.05) is 5.32 Å². The first-order valence-electron chi connectivity index (χ1n) is 3.48. The molecule has 0 aromatic rings. The summed E-state index contributed by atoms with van der Waals surface area (Å²) in [5.41, 5.74) is 0.139. The van der Waals surface area contributed by atoms with E-state index in [1.54, 1.807) is 0 Å². The molecule has 5 heteroatoms. The molecule has 13 heavy (non-hydrogen) atoms. The lowest BCUT2D eigenvalue weighted by atomic mass is 10.3. The van der Waals surface area contributed by atoms with Crippen molar-refractivity contribution < 1.29 is 19.1 Å². The third kappa shape index (κ3) is 2.26. The van der Waals surface area contributed by atoms with Crippen molar-refractivity contribution in [2.24, 2.45) is 0 Å². The van der Waals surface area contributed by atoms with Gasteiger partial charge >= 0.3 is 5.97 Å². The van der Waals surface area contributed by atoms with Crippen molar-refractivity contribution >= 4 is 17.8 Å². The van der Waals surface area contributed by atoms with Crippen LogP contribution in [0.3, 0.4) is 0 Å². The zero-order chi connectivity index (χ0) is 9.84. The standard InChI is InChI=1S/C8H7NO4/c1-2-7(11)13-4-5-3-6(10)9-8(5)12/h2-3H,1,4H2,(H,9,10,12). The summed E-state index contributed by atoms with van der Waals surface area (Å²) >= 11 is 0. The number of ether oxygens (including phenoxy) is 1. The van der Waals surface area contributed by atoms with Crippen LogP contribution in [0, 0.1) is 0 Å². The zero-order valence-corrected chi connectivity index (χ0v) is 6.70. The van der Waals surface area contributed by atoms with Gasteiger partial charge in [-0.05, 0) is 0 Å². The number of carbonyl (C=O) groups is 3. The molecule has 0 aromatic heterocycles. The molecule has 2 amide bonds. The minimum absolute atomic E-state index is 0.139. The fourth-order valence-electron chi connectivity index (χ4n) is 0.767. The van der Waals surface area contributed by atoms with Crippen LogP contribution in [-0.2, 0) is 19.1 Å².